The summed E-state index contributed by atoms with van der Waals surface area (Å²) in [7, 11) is 0. The SMILES string of the molecule is Cc1ccc(NC(=O)CN2CCN(c3ccc4c(c3)OCCO4)C2=O)c(C)c1. The van der Waals surface area contributed by atoms with Crippen LogP contribution >= 0.6 is 0 Å². The van der Waals surface area contributed by atoms with Gasteiger partial charge in [0.1, 0.15) is 19.8 Å². The molecule has 1 fully saturated rings. The molecule has 0 radical (unpaired) electrons. The molecule has 2 heterocycles. The Bertz CT molecular complexity index is 928. The lowest BCUT2D eigenvalue weighted by molar-refractivity contribution is -0.116. The van der Waals surface area contributed by atoms with E-state index in [1.165, 1.54) is 0 Å². The van der Waals surface area contributed by atoms with Crippen molar-refractivity contribution in [3.63, 3.8) is 0 Å². The fraction of sp³-hybridized carbons (Fsp3) is 0.333. The third kappa shape index (κ3) is 3.60. The maximum Gasteiger partial charge on any atom is 0.325 e. The topological polar surface area (TPSA) is 71.1 Å². The number of anilines is 2. The fourth-order valence-electron chi connectivity index (χ4n) is 3.49. The number of hydrogen-bond donors (Lipinski definition) is 1. The zero-order valence-corrected chi connectivity index (χ0v) is 16.0. The summed E-state index contributed by atoms with van der Waals surface area (Å²) in [6, 6.07) is 11.1. The Morgan fingerprint density at radius 2 is 1.82 bits per heavy atom. The molecular formula is C21H23N3O4. The van der Waals surface area contributed by atoms with E-state index in [-0.39, 0.29) is 18.5 Å². The molecule has 0 bridgehead atoms. The van der Waals surface area contributed by atoms with Gasteiger partial charge in [0.15, 0.2) is 11.5 Å². The minimum Gasteiger partial charge on any atom is -0.486 e. The third-order valence-electron chi connectivity index (χ3n) is 4.92. The van der Waals surface area contributed by atoms with Crippen molar-refractivity contribution >= 4 is 23.3 Å². The van der Waals surface area contributed by atoms with Crippen molar-refractivity contribution in [3.8, 4) is 11.5 Å². The van der Waals surface area contributed by atoms with E-state index >= 15 is 0 Å². The van der Waals surface area contributed by atoms with Crippen LogP contribution in [0.3, 0.4) is 0 Å². The standard InChI is InChI=1S/C21H23N3O4/c1-14-3-5-17(15(2)11-14)22-20(25)13-23-7-8-24(21(23)26)16-4-6-18-19(12-16)28-10-9-27-18/h3-6,11-12H,7-10,13H2,1-2H3,(H,22,25). The second-order valence-corrected chi connectivity index (χ2v) is 7.05. The highest BCUT2D eigenvalue weighted by Crippen LogP contribution is 2.35. The molecule has 2 aromatic rings. The van der Waals surface area contributed by atoms with E-state index in [4.69, 9.17) is 9.47 Å². The van der Waals surface area contributed by atoms with Crippen LogP contribution in [0.2, 0.25) is 0 Å². The van der Waals surface area contributed by atoms with E-state index < -0.39 is 0 Å². The van der Waals surface area contributed by atoms with Crippen molar-refractivity contribution in [2.24, 2.45) is 0 Å². The highest BCUT2D eigenvalue weighted by molar-refractivity contribution is 5.99. The first kappa shape index (κ1) is 18.2. The van der Waals surface area contributed by atoms with Crippen LogP contribution in [0.5, 0.6) is 11.5 Å². The van der Waals surface area contributed by atoms with Gasteiger partial charge in [0, 0.05) is 30.5 Å². The van der Waals surface area contributed by atoms with E-state index in [0.717, 1.165) is 22.5 Å². The summed E-state index contributed by atoms with van der Waals surface area (Å²) in [5.41, 5.74) is 3.65. The summed E-state index contributed by atoms with van der Waals surface area (Å²) in [5.74, 6) is 1.12. The zero-order valence-electron chi connectivity index (χ0n) is 16.0. The first-order valence-electron chi connectivity index (χ1n) is 9.34. The second kappa shape index (κ2) is 7.42. The van der Waals surface area contributed by atoms with Crippen LogP contribution in [0.1, 0.15) is 11.1 Å². The Balaban J connectivity index is 1.41. The third-order valence-corrected chi connectivity index (χ3v) is 4.92. The number of ether oxygens (including phenoxy) is 2. The summed E-state index contributed by atoms with van der Waals surface area (Å²) in [6.45, 7) is 6.02. The summed E-state index contributed by atoms with van der Waals surface area (Å²) in [5, 5.41) is 2.89. The Hall–Kier alpha value is -3.22. The molecule has 7 heteroatoms. The number of carbonyl (C=O) groups is 2. The number of nitrogens with one attached hydrogen (secondary N) is 1. The predicted molar refractivity (Wildman–Crippen MR) is 106 cm³/mol. The summed E-state index contributed by atoms with van der Waals surface area (Å²) in [6.07, 6.45) is 0. The van der Waals surface area contributed by atoms with Crippen molar-refractivity contribution in [3.05, 3.63) is 47.5 Å². The number of fused-ring (bicyclic) bond motifs is 1. The van der Waals surface area contributed by atoms with E-state index in [0.29, 0.717) is 37.8 Å². The molecule has 4 rings (SSSR count). The number of rotatable bonds is 4. The molecule has 28 heavy (non-hydrogen) atoms. The van der Waals surface area contributed by atoms with Gasteiger partial charge in [-0.15, -0.1) is 0 Å². The summed E-state index contributed by atoms with van der Waals surface area (Å²) in [4.78, 5) is 28.4. The normalized spacial score (nSPS) is 15.7. The Morgan fingerprint density at radius 1 is 1.04 bits per heavy atom. The lowest BCUT2D eigenvalue weighted by Gasteiger charge is -2.22. The first-order chi connectivity index (χ1) is 13.5. The van der Waals surface area contributed by atoms with E-state index in [2.05, 4.69) is 5.32 Å². The highest BCUT2D eigenvalue weighted by atomic mass is 16.6. The average molecular weight is 381 g/mol. The van der Waals surface area contributed by atoms with Gasteiger partial charge in [-0.1, -0.05) is 17.7 Å². The molecule has 0 aliphatic carbocycles. The molecule has 0 atom stereocenters. The summed E-state index contributed by atoms with van der Waals surface area (Å²) >= 11 is 0. The van der Waals surface area contributed by atoms with Gasteiger partial charge in [0.25, 0.3) is 0 Å². The molecule has 1 N–H and O–H groups in total. The highest BCUT2D eigenvalue weighted by Gasteiger charge is 2.31. The molecule has 2 aromatic carbocycles. The monoisotopic (exact) mass is 381 g/mol. The Morgan fingerprint density at radius 3 is 2.61 bits per heavy atom. The second-order valence-electron chi connectivity index (χ2n) is 7.05. The number of aryl methyl sites for hydroxylation is 2. The smallest absolute Gasteiger partial charge is 0.325 e. The van der Waals surface area contributed by atoms with Crippen molar-refractivity contribution in [1.29, 1.82) is 0 Å². The van der Waals surface area contributed by atoms with Crippen LogP contribution in [-0.2, 0) is 4.79 Å². The molecule has 0 spiro atoms. The van der Waals surface area contributed by atoms with Crippen LogP contribution in [-0.4, -0.2) is 49.7 Å². The molecular weight excluding hydrogens is 358 g/mol. The maximum absolute atomic E-state index is 12.8. The van der Waals surface area contributed by atoms with Crippen LogP contribution < -0.4 is 19.7 Å². The molecule has 2 aliphatic heterocycles. The number of hydrogen-bond acceptors (Lipinski definition) is 4. The Labute approximate surface area is 163 Å². The van der Waals surface area contributed by atoms with Gasteiger partial charge in [-0.3, -0.25) is 9.69 Å². The number of nitrogens with zero attached hydrogens (tertiary/aromatic N) is 2. The summed E-state index contributed by atoms with van der Waals surface area (Å²) < 4.78 is 11.1. The van der Waals surface area contributed by atoms with Crippen molar-refractivity contribution < 1.29 is 19.1 Å². The van der Waals surface area contributed by atoms with Gasteiger partial charge in [-0.05, 0) is 37.6 Å². The lowest BCUT2D eigenvalue weighted by atomic mass is 10.1. The van der Waals surface area contributed by atoms with Crippen LogP contribution in [0.15, 0.2) is 36.4 Å². The van der Waals surface area contributed by atoms with Crippen molar-refractivity contribution in [2.45, 2.75) is 13.8 Å². The minimum atomic E-state index is -0.204. The molecule has 0 saturated carbocycles. The van der Waals surface area contributed by atoms with Crippen LogP contribution in [0, 0.1) is 13.8 Å². The first-order valence-corrected chi connectivity index (χ1v) is 9.34. The largest absolute Gasteiger partial charge is 0.486 e. The van der Waals surface area contributed by atoms with Crippen molar-refractivity contribution in [1.82, 2.24) is 4.90 Å². The Kier molecular flexibility index (Phi) is 4.81. The van der Waals surface area contributed by atoms with Gasteiger partial charge >= 0.3 is 6.03 Å². The van der Waals surface area contributed by atoms with Gasteiger partial charge < -0.3 is 19.7 Å². The van der Waals surface area contributed by atoms with Gasteiger partial charge in [0.2, 0.25) is 5.91 Å². The lowest BCUT2D eigenvalue weighted by Crippen LogP contribution is -2.37. The fourth-order valence-corrected chi connectivity index (χ4v) is 3.49. The molecule has 7 nitrogen and oxygen atoms in total. The van der Waals surface area contributed by atoms with Crippen molar-refractivity contribution in [2.75, 3.05) is 43.1 Å². The molecule has 0 unspecified atom stereocenters. The number of urea groups is 1. The van der Waals surface area contributed by atoms with E-state index in [1.807, 2.05) is 50.2 Å². The minimum absolute atomic E-state index is 0.0210. The van der Waals surface area contributed by atoms with Crippen LogP contribution in [0.25, 0.3) is 0 Å². The quantitative estimate of drug-likeness (QED) is 0.884. The average Bonchev–Trinajstić information content (AvgIpc) is 3.04. The molecule has 1 saturated heterocycles. The van der Waals surface area contributed by atoms with Gasteiger partial charge in [-0.25, -0.2) is 4.79 Å². The predicted octanol–water partition coefficient (Wildman–Crippen LogP) is 2.96. The number of amides is 3. The van der Waals surface area contributed by atoms with Gasteiger partial charge in [-0.2, -0.15) is 0 Å². The van der Waals surface area contributed by atoms with Crippen LogP contribution in [0.4, 0.5) is 16.2 Å². The molecule has 0 aromatic heterocycles. The maximum atomic E-state index is 12.8. The molecule has 146 valence electrons. The van der Waals surface area contributed by atoms with E-state index in [1.54, 1.807) is 9.80 Å². The molecule has 3 amide bonds. The molecule has 2 aliphatic rings. The number of benzene rings is 2. The zero-order chi connectivity index (χ0) is 19.7. The number of carbonyl (C=O) groups excluding carboxylic acids is 2. The van der Waals surface area contributed by atoms with E-state index in [9.17, 15) is 9.59 Å². The van der Waals surface area contributed by atoms with Gasteiger partial charge in [0.05, 0.1) is 0 Å².